The minimum atomic E-state index is -0.336. The number of azo groups is 2. The van der Waals surface area contributed by atoms with Crippen LogP contribution in [0.2, 0.25) is 0 Å². The lowest BCUT2D eigenvalue weighted by Gasteiger charge is -2.26. The van der Waals surface area contributed by atoms with E-state index in [1.807, 2.05) is 91.5 Å². The van der Waals surface area contributed by atoms with Gasteiger partial charge in [0.2, 0.25) is 0 Å². The quantitative estimate of drug-likeness (QED) is 0.426. The molecular formula is C24H24N6O. The molecule has 7 nitrogen and oxygen atoms in total. The number of benzene rings is 3. The topological polar surface area (TPSA) is 96.7 Å². The fourth-order valence-corrected chi connectivity index (χ4v) is 2.96. The summed E-state index contributed by atoms with van der Waals surface area (Å²) in [4.78, 5) is 1.86. The van der Waals surface area contributed by atoms with Crippen LogP contribution in [0.4, 0.5) is 28.4 Å². The molecule has 156 valence electrons. The van der Waals surface area contributed by atoms with Gasteiger partial charge in [0.15, 0.2) is 0 Å². The van der Waals surface area contributed by atoms with Crippen LogP contribution in [0.1, 0.15) is 12.5 Å². The smallest absolute Gasteiger partial charge is 0.114 e. The van der Waals surface area contributed by atoms with Crippen LogP contribution in [0.3, 0.4) is 0 Å². The molecule has 0 heterocycles. The fraction of sp³-hybridized carbons (Fsp3) is 0.208. The van der Waals surface area contributed by atoms with Crippen molar-refractivity contribution < 1.29 is 5.11 Å². The SMILES string of the molecule is Cc1cc(N(CCO)C(C)C#N)ccc1N=Nc1ccc(N=Nc2ccccc2)cc1. The molecule has 0 saturated heterocycles. The van der Waals surface area contributed by atoms with Crippen molar-refractivity contribution in [1.29, 1.82) is 5.26 Å². The summed E-state index contributed by atoms with van der Waals surface area (Å²) >= 11 is 0. The molecule has 3 aromatic rings. The monoisotopic (exact) mass is 412 g/mol. The third-order valence-corrected chi connectivity index (χ3v) is 4.67. The highest BCUT2D eigenvalue weighted by molar-refractivity contribution is 5.59. The third kappa shape index (κ3) is 6.04. The number of nitrogens with zero attached hydrogens (tertiary/aromatic N) is 6. The van der Waals surface area contributed by atoms with Gasteiger partial charge in [-0.15, -0.1) is 0 Å². The molecule has 1 atom stereocenters. The molecule has 0 aromatic heterocycles. The Bertz CT molecular complexity index is 1090. The van der Waals surface area contributed by atoms with Gasteiger partial charge in [-0.3, -0.25) is 0 Å². The van der Waals surface area contributed by atoms with Crippen molar-refractivity contribution in [3.05, 3.63) is 78.4 Å². The van der Waals surface area contributed by atoms with Gasteiger partial charge in [-0.05, 0) is 74.0 Å². The summed E-state index contributed by atoms with van der Waals surface area (Å²) in [6, 6.07) is 24.5. The standard InChI is InChI=1S/C24H24N6O/c1-18-16-23(30(14-15-31)19(2)17-25)12-13-24(18)29-28-22-10-8-21(9-11-22)27-26-20-6-4-3-5-7-20/h3-13,16,19,31H,14-15H2,1-2H3. The van der Waals surface area contributed by atoms with Gasteiger partial charge in [-0.2, -0.15) is 25.7 Å². The number of hydrogen-bond acceptors (Lipinski definition) is 7. The Morgan fingerprint density at radius 3 is 2.00 bits per heavy atom. The molecule has 0 radical (unpaired) electrons. The summed E-state index contributed by atoms with van der Waals surface area (Å²) in [7, 11) is 0. The molecule has 0 bridgehead atoms. The predicted octanol–water partition coefficient (Wildman–Crippen LogP) is 6.54. The Labute approximate surface area is 182 Å². The lowest BCUT2D eigenvalue weighted by molar-refractivity contribution is 0.300. The van der Waals surface area contributed by atoms with Crippen molar-refractivity contribution in [2.24, 2.45) is 20.5 Å². The normalized spacial score (nSPS) is 12.2. The minimum absolute atomic E-state index is 0.0204. The Morgan fingerprint density at radius 2 is 1.45 bits per heavy atom. The van der Waals surface area contributed by atoms with Gasteiger partial charge in [-0.1, -0.05) is 18.2 Å². The molecule has 31 heavy (non-hydrogen) atoms. The summed E-state index contributed by atoms with van der Waals surface area (Å²) in [5.74, 6) is 0. The molecule has 0 saturated carbocycles. The zero-order valence-electron chi connectivity index (χ0n) is 17.6. The van der Waals surface area contributed by atoms with Gasteiger partial charge in [0.1, 0.15) is 6.04 Å². The van der Waals surface area contributed by atoms with E-state index in [0.29, 0.717) is 12.2 Å². The van der Waals surface area contributed by atoms with Gasteiger partial charge in [0, 0.05) is 12.2 Å². The summed E-state index contributed by atoms with van der Waals surface area (Å²) < 4.78 is 0. The summed E-state index contributed by atoms with van der Waals surface area (Å²) in [5, 5.41) is 35.6. The Hall–Kier alpha value is -3.89. The number of nitriles is 1. The second-order valence-corrected chi connectivity index (χ2v) is 6.94. The first kappa shape index (κ1) is 21.8. The maximum absolute atomic E-state index is 9.29. The maximum atomic E-state index is 9.29. The first-order valence-corrected chi connectivity index (χ1v) is 9.97. The van der Waals surface area contributed by atoms with Crippen LogP contribution in [-0.4, -0.2) is 24.3 Å². The van der Waals surface area contributed by atoms with Crippen LogP contribution in [0.25, 0.3) is 0 Å². The van der Waals surface area contributed by atoms with E-state index in [9.17, 15) is 10.4 Å². The lowest BCUT2D eigenvalue weighted by Crippen LogP contribution is -2.34. The van der Waals surface area contributed by atoms with E-state index >= 15 is 0 Å². The summed E-state index contributed by atoms with van der Waals surface area (Å²) in [5.41, 5.74) is 4.79. The highest BCUT2D eigenvalue weighted by Crippen LogP contribution is 2.28. The molecule has 1 unspecified atom stereocenters. The van der Waals surface area contributed by atoms with Gasteiger partial charge in [0.25, 0.3) is 0 Å². The Kier molecular flexibility index (Phi) is 7.57. The molecule has 3 rings (SSSR count). The highest BCUT2D eigenvalue weighted by Gasteiger charge is 2.14. The van der Waals surface area contributed by atoms with Crippen LogP contribution in [-0.2, 0) is 0 Å². The molecule has 0 amide bonds. The van der Waals surface area contributed by atoms with Gasteiger partial charge in [-0.25, -0.2) is 0 Å². The largest absolute Gasteiger partial charge is 0.395 e. The van der Waals surface area contributed by atoms with Crippen LogP contribution >= 0.6 is 0 Å². The lowest BCUT2D eigenvalue weighted by atomic mass is 10.1. The van der Waals surface area contributed by atoms with E-state index < -0.39 is 0 Å². The van der Waals surface area contributed by atoms with Crippen molar-refractivity contribution in [3.63, 3.8) is 0 Å². The molecule has 3 aromatic carbocycles. The van der Waals surface area contributed by atoms with E-state index in [4.69, 9.17) is 0 Å². The summed E-state index contributed by atoms with van der Waals surface area (Å²) in [6.45, 7) is 4.12. The first-order chi connectivity index (χ1) is 15.1. The Morgan fingerprint density at radius 1 is 0.871 bits per heavy atom. The number of rotatable bonds is 8. The van der Waals surface area contributed by atoms with Gasteiger partial charge < -0.3 is 10.0 Å². The molecule has 0 aliphatic rings. The van der Waals surface area contributed by atoms with E-state index in [0.717, 1.165) is 28.3 Å². The van der Waals surface area contributed by atoms with E-state index in [-0.39, 0.29) is 12.6 Å². The number of hydrogen-bond donors (Lipinski definition) is 1. The maximum Gasteiger partial charge on any atom is 0.114 e. The molecule has 7 heteroatoms. The molecular weight excluding hydrogens is 388 g/mol. The number of aliphatic hydroxyl groups excluding tert-OH is 1. The van der Waals surface area contributed by atoms with Crippen LogP contribution < -0.4 is 4.90 Å². The average Bonchev–Trinajstić information content (AvgIpc) is 2.81. The van der Waals surface area contributed by atoms with Crippen molar-refractivity contribution >= 4 is 28.4 Å². The highest BCUT2D eigenvalue weighted by atomic mass is 16.3. The number of aliphatic hydroxyl groups is 1. The fourth-order valence-electron chi connectivity index (χ4n) is 2.96. The minimum Gasteiger partial charge on any atom is -0.395 e. The van der Waals surface area contributed by atoms with Crippen LogP contribution in [0.15, 0.2) is 93.3 Å². The zero-order chi connectivity index (χ0) is 22.1. The van der Waals surface area contributed by atoms with Gasteiger partial charge in [0.05, 0.1) is 35.4 Å². The molecule has 0 spiro atoms. The van der Waals surface area contributed by atoms with E-state index in [2.05, 4.69) is 26.5 Å². The first-order valence-electron chi connectivity index (χ1n) is 9.97. The number of aryl methyl sites for hydroxylation is 1. The van der Waals surface area contributed by atoms with E-state index in [1.54, 1.807) is 0 Å². The van der Waals surface area contributed by atoms with Crippen molar-refractivity contribution in [2.75, 3.05) is 18.1 Å². The van der Waals surface area contributed by atoms with Crippen LogP contribution in [0.5, 0.6) is 0 Å². The number of anilines is 1. The average molecular weight is 412 g/mol. The van der Waals surface area contributed by atoms with Gasteiger partial charge >= 0.3 is 0 Å². The predicted molar refractivity (Wildman–Crippen MR) is 122 cm³/mol. The molecule has 0 aliphatic heterocycles. The van der Waals surface area contributed by atoms with Crippen molar-refractivity contribution in [3.8, 4) is 6.07 Å². The molecule has 1 N–H and O–H groups in total. The summed E-state index contributed by atoms with van der Waals surface area (Å²) in [6.07, 6.45) is 0. The molecule has 0 aliphatic carbocycles. The second kappa shape index (κ2) is 10.8. The zero-order valence-corrected chi connectivity index (χ0v) is 17.6. The van der Waals surface area contributed by atoms with Crippen molar-refractivity contribution in [1.82, 2.24) is 0 Å². The third-order valence-electron chi connectivity index (χ3n) is 4.67. The Balaban J connectivity index is 1.70. The van der Waals surface area contributed by atoms with Crippen LogP contribution in [0, 0.1) is 18.3 Å². The molecule has 0 fully saturated rings. The van der Waals surface area contributed by atoms with Crippen molar-refractivity contribution in [2.45, 2.75) is 19.9 Å². The van der Waals surface area contributed by atoms with E-state index in [1.165, 1.54) is 0 Å². The second-order valence-electron chi connectivity index (χ2n) is 6.94.